The lowest BCUT2D eigenvalue weighted by atomic mass is 10.2. The molecule has 2 aromatic rings. The van der Waals surface area contributed by atoms with Crippen LogP contribution in [-0.2, 0) is 13.1 Å². The Kier molecular flexibility index (Phi) is 5.00. The Morgan fingerprint density at radius 2 is 1.68 bits per heavy atom. The highest BCUT2D eigenvalue weighted by molar-refractivity contribution is 9.10. The minimum atomic E-state index is 0.900. The van der Waals surface area contributed by atoms with Crippen LogP contribution in [0.3, 0.4) is 0 Å². The third-order valence-electron chi connectivity index (χ3n) is 3.01. The molecule has 0 aliphatic carbocycles. The lowest BCUT2D eigenvalue weighted by molar-refractivity contribution is 0.318. The lowest BCUT2D eigenvalue weighted by Gasteiger charge is -2.17. The highest BCUT2D eigenvalue weighted by atomic mass is 79.9. The van der Waals surface area contributed by atoms with E-state index in [-0.39, 0.29) is 0 Å². The van der Waals surface area contributed by atoms with E-state index in [1.165, 1.54) is 11.1 Å². The molecule has 0 saturated carbocycles. The molecule has 0 atom stereocenters. The number of hydrogen-bond acceptors (Lipinski definition) is 2. The summed E-state index contributed by atoms with van der Waals surface area (Å²) in [6.07, 6.45) is 0. The minimum Gasteiger partial charge on any atom is -0.497 e. The molecule has 0 amide bonds. The highest BCUT2D eigenvalue weighted by Crippen LogP contribution is 2.18. The fourth-order valence-electron chi connectivity index (χ4n) is 2.02. The Hall–Kier alpha value is -1.32. The van der Waals surface area contributed by atoms with E-state index in [1.54, 1.807) is 7.11 Å². The van der Waals surface area contributed by atoms with Crippen molar-refractivity contribution in [3.05, 3.63) is 64.1 Å². The van der Waals surface area contributed by atoms with Gasteiger partial charge < -0.3 is 4.74 Å². The normalized spacial score (nSPS) is 10.7. The van der Waals surface area contributed by atoms with Crippen LogP contribution in [-0.4, -0.2) is 19.1 Å². The molecule has 0 spiro atoms. The molecule has 0 aromatic heterocycles. The first kappa shape index (κ1) is 14.1. The Balaban J connectivity index is 1.97. The van der Waals surface area contributed by atoms with Gasteiger partial charge in [0.15, 0.2) is 0 Å². The summed E-state index contributed by atoms with van der Waals surface area (Å²) < 4.78 is 6.33. The molecule has 2 rings (SSSR count). The number of benzene rings is 2. The molecular formula is C16H18BrNO. The van der Waals surface area contributed by atoms with E-state index >= 15 is 0 Å². The Morgan fingerprint density at radius 3 is 2.32 bits per heavy atom. The summed E-state index contributed by atoms with van der Waals surface area (Å²) in [5, 5.41) is 0. The SMILES string of the molecule is COc1ccc(CN(C)Cc2ccccc2Br)cc1. The Bertz CT molecular complexity index is 525. The van der Waals surface area contributed by atoms with E-state index in [0.29, 0.717) is 0 Å². The molecule has 0 fully saturated rings. The first-order chi connectivity index (χ1) is 9.19. The van der Waals surface area contributed by atoms with Crippen LogP contribution in [0.4, 0.5) is 0 Å². The molecule has 0 radical (unpaired) electrons. The van der Waals surface area contributed by atoms with Crippen LogP contribution in [0.15, 0.2) is 53.0 Å². The zero-order valence-corrected chi connectivity index (χ0v) is 12.9. The zero-order chi connectivity index (χ0) is 13.7. The van der Waals surface area contributed by atoms with Crippen LogP contribution in [0.2, 0.25) is 0 Å². The summed E-state index contributed by atoms with van der Waals surface area (Å²) >= 11 is 3.59. The molecule has 0 bridgehead atoms. The second-order valence-electron chi connectivity index (χ2n) is 4.61. The summed E-state index contributed by atoms with van der Waals surface area (Å²) in [7, 11) is 3.82. The van der Waals surface area contributed by atoms with Gasteiger partial charge in [0.05, 0.1) is 7.11 Å². The van der Waals surface area contributed by atoms with Gasteiger partial charge in [-0.25, -0.2) is 0 Å². The van der Waals surface area contributed by atoms with Gasteiger partial charge in [-0.1, -0.05) is 46.3 Å². The predicted octanol–water partition coefficient (Wildman–Crippen LogP) is 4.09. The molecule has 0 N–H and O–H groups in total. The predicted molar refractivity (Wildman–Crippen MR) is 82.3 cm³/mol. The van der Waals surface area contributed by atoms with Crippen LogP contribution in [0, 0.1) is 0 Å². The van der Waals surface area contributed by atoms with Crippen molar-refractivity contribution in [1.82, 2.24) is 4.90 Å². The van der Waals surface area contributed by atoms with E-state index in [9.17, 15) is 0 Å². The molecule has 2 nitrogen and oxygen atoms in total. The maximum atomic E-state index is 5.17. The van der Waals surface area contributed by atoms with Gasteiger partial charge in [-0.2, -0.15) is 0 Å². The number of ether oxygens (including phenoxy) is 1. The summed E-state index contributed by atoms with van der Waals surface area (Å²) in [5.41, 5.74) is 2.59. The van der Waals surface area contributed by atoms with Crippen molar-refractivity contribution in [1.29, 1.82) is 0 Å². The zero-order valence-electron chi connectivity index (χ0n) is 11.3. The summed E-state index contributed by atoms with van der Waals surface area (Å²) in [5.74, 6) is 0.900. The largest absolute Gasteiger partial charge is 0.497 e. The minimum absolute atomic E-state index is 0.900. The topological polar surface area (TPSA) is 12.5 Å². The van der Waals surface area contributed by atoms with Gasteiger partial charge in [0.2, 0.25) is 0 Å². The molecule has 0 unspecified atom stereocenters. The van der Waals surface area contributed by atoms with Crippen molar-refractivity contribution in [3.8, 4) is 5.75 Å². The Morgan fingerprint density at radius 1 is 1.00 bits per heavy atom. The van der Waals surface area contributed by atoms with Gasteiger partial charge in [0.25, 0.3) is 0 Å². The van der Waals surface area contributed by atoms with E-state index in [1.807, 2.05) is 18.2 Å². The van der Waals surface area contributed by atoms with Gasteiger partial charge in [-0.15, -0.1) is 0 Å². The summed E-state index contributed by atoms with van der Waals surface area (Å²) in [6.45, 7) is 1.85. The molecule has 19 heavy (non-hydrogen) atoms. The van der Waals surface area contributed by atoms with Crippen molar-refractivity contribution in [2.75, 3.05) is 14.2 Å². The first-order valence-corrected chi connectivity index (χ1v) is 7.03. The van der Waals surface area contributed by atoms with E-state index in [4.69, 9.17) is 4.74 Å². The molecule has 100 valence electrons. The number of methoxy groups -OCH3 is 1. The highest BCUT2D eigenvalue weighted by Gasteiger charge is 2.04. The maximum Gasteiger partial charge on any atom is 0.118 e. The monoisotopic (exact) mass is 319 g/mol. The van der Waals surface area contributed by atoms with Crippen molar-refractivity contribution in [2.45, 2.75) is 13.1 Å². The Labute approximate surface area is 123 Å². The third-order valence-corrected chi connectivity index (χ3v) is 3.78. The quantitative estimate of drug-likeness (QED) is 0.823. The molecular weight excluding hydrogens is 302 g/mol. The van der Waals surface area contributed by atoms with E-state index < -0.39 is 0 Å². The third kappa shape index (κ3) is 4.08. The fourth-order valence-corrected chi connectivity index (χ4v) is 2.43. The number of halogens is 1. The van der Waals surface area contributed by atoms with Crippen LogP contribution >= 0.6 is 15.9 Å². The van der Waals surface area contributed by atoms with Gasteiger partial charge in [0.1, 0.15) is 5.75 Å². The molecule has 0 saturated heterocycles. The van der Waals surface area contributed by atoms with Gasteiger partial charge in [-0.05, 0) is 36.4 Å². The molecule has 3 heteroatoms. The van der Waals surface area contributed by atoms with Crippen LogP contribution in [0.25, 0.3) is 0 Å². The second kappa shape index (κ2) is 6.73. The van der Waals surface area contributed by atoms with Crippen molar-refractivity contribution >= 4 is 15.9 Å². The average Bonchev–Trinajstić information content (AvgIpc) is 2.42. The van der Waals surface area contributed by atoms with Crippen LogP contribution < -0.4 is 4.74 Å². The van der Waals surface area contributed by atoms with Crippen molar-refractivity contribution in [2.24, 2.45) is 0 Å². The second-order valence-corrected chi connectivity index (χ2v) is 5.47. The van der Waals surface area contributed by atoms with E-state index in [2.05, 4.69) is 58.2 Å². The average molecular weight is 320 g/mol. The molecule has 0 heterocycles. The number of rotatable bonds is 5. The fraction of sp³-hybridized carbons (Fsp3) is 0.250. The van der Waals surface area contributed by atoms with Crippen molar-refractivity contribution < 1.29 is 4.74 Å². The first-order valence-electron chi connectivity index (χ1n) is 6.24. The lowest BCUT2D eigenvalue weighted by Crippen LogP contribution is -2.17. The molecule has 0 aliphatic heterocycles. The smallest absolute Gasteiger partial charge is 0.118 e. The van der Waals surface area contributed by atoms with Gasteiger partial charge in [-0.3, -0.25) is 4.90 Å². The van der Waals surface area contributed by atoms with Gasteiger partial charge >= 0.3 is 0 Å². The molecule has 2 aromatic carbocycles. The molecule has 0 aliphatic rings. The van der Waals surface area contributed by atoms with Gasteiger partial charge in [0, 0.05) is 17.6 Å². The standard InChI is InChI=1S/C16H18BrNO/c1-18(12-14-5-3-4-6-16(14)17)11-13-7-9-15(19-2)10-8-13/h3-10H,11-12H2,1-2H3. The summed E-state index contributed by atoms with van der Waals surface area (Å²) in [6, 6.07) is 16.6. The number of hydrogen-bond donors (Lipinski definition) is 0. The van der Waals surface area contributed by atoms with Crippen LogP contribution in [0.1, 0.15) is 11.1 Å². The summed E-state index contributed by atoms with van der Waals surface area (Å²) in [4.78, 5) is 2.29. The maximum absolute atomic E-state index is 5.17. The number of nitrogens with zero attached hydrogens (tertiary/aromatic N) is 1. The van der Waals surface area contributed by atoms with E-state index in [0.717, 1.165) is 23.3 Å². The van der Waals surface area contributed by atoms with Crippen molar-refractivity contribution in [3.63, 3.8) is 0 Å². The van der Waals surface area contributed by atoms with Crippen LogP contribution in [0.5, 0.6) is 5.75 Å².